The van der Waals surface area contributed by atoms with Crippen molar-refractivity contribution in [2.75, 3.05) is 13.1 Å². The average Bonchev–Trinajstić information content (AvgIpc) is 2.57. The number of hydrogen-bond donors (Lipinski definition) is 1. The minimum Gasteiger partial charge on any atom is -0.316 e. The SMILES string of the molecule is Cl.Fc1cccc(CC2CCNC2)c1. The first-order valence-corrected chi connectivity index (χ1v) is 4.80. The predicted octanol–water partition coefficient (Wildman–Crippen LogP) is 2.40. The highest BCUT2D eigenvalue weighted by atomic mass is 35.5. The molecule has 1 aromatic rings. The second kappa shape index (κ2) is 5.32. The average molecular weight is 216 g/mol. The monoisotopic (exact) mass is 215 g/mol. The largest absolute Gasteiger partial charge is 0.316 e. The molecule has 1 N–H and O–H groups in total. The molecule has 78 valence electrons. The van der Waals surface area contributed by atoms with Gasteiger partial charge < -0.3 is 5.32 Å². The van der Waals surface area contributed by atoms with Gasteiger partial charge in [0.15, 0.2) is 0 Å². The first kappa shape index (κ1) is 11.5. The molecule has 0 spiro atoms. The summed E-state index contributed by atoms with van der Waals surface area (Å²) in [6.07, 6.45) is 2.22. The minimum atomic E-state index is -0.122. The van der Waals surface area contributed by atoms with Crippen molar-refractivity contribution >= 4 is 12.4 Å². The van der Waals surface area contributed by atoms with Crippen molar-refractivity contribution in [3.63, 3.8) is 0 Å². The van der Waals surface area contributed by atoms with Gasteiger partial charge in [-0.3, -0.25) is 0 Å². The molecule has 1 heterocycles. The molecule has 14 heavy (non-hydrogen) atoms. The van der Waals surface area contributed by atoms with E-state index < -0.39 is 0 Å². The Bertz CT molecular complexity index is 284. The summed E-state index contributed by atoms with van der Waals surface area (Å²) < 4.78 is 12.8. The molecule has 0 aromatic heterocycles. The summed E-state index contributed by atoms with van der Waals surface area (Å²) in [6, 6.07) is 6.92. The van der Waals surface area contributed by atoms with E-state index in [9.17, 15) is 4.39 Å². The lowest BCUT2D eigenvalue weighted by Gasteiger charge is -2.07. The van der Waals surface area contributed by atoms with Gasteiger partial charge >= 0.3 is 0 Å². The standard InChI is InChI=1S/C11H14FN.ClH/c12-11-3-1-2-9(7-11)6-10-4-5-13-8-10;/h1-3,7,10,13H,4-6,8H2;1H. The highest BCUT2D eigenvalue weighted by Crippen LogP contribution is 2.15. The second-order valence-electron chi connectivity index (χ2n) is 3.69. The van der Waals surface area contributed by atoms with E-state index in [1.54, 1.807) is 12.1 Å². The second-order valence-corrected chi connectivity index (χ2v) is 3.69. The molecule has 3 heteroatoms. The Morgan fingerprint density at radius 3 is 2.93 bits per heavy atom. The van der Waals surface area contributed by atoms with Crippen LogP contribution in [0.5, 0.6) is 0 Å². The summed E-state index contributed by atoms with van der Waals surface area (Å²) in [5.74, 6) is 0.574. The van der Waals surface area contributed by atoms with Gasteiger partial charge in [0.05, 0.1) is 0 Å². The molecule has 1 fully saturated rings. The number of halogens is 2. The molecule has 2 rings (SSSR count). The first-order chi connectivity index (χ1) is 6.34. The van der Waals surface area contributed by atoms with Crippen LogP contribution in [0.1, 0.15) is 12.0 Å². The fraction of sp³-hybridized carbons (Fsp3) is 0.455. The van der Waals surface area contributed by atoms with Crippen LogP contribution >= 0.6 is 12.4 Å². The highest BCUT2D eigenvalue weighted by molar-refractivity contribution is 5.85. The van der Waals surface area contributed by atoms with Crippen molar-refractivity contribution < 1.29 is 4.39 Å². The van der Waals surface area contributed by atoms with Crippen molar-refractivity contribution in [1.82, 2.24) is 5.32 Å². The van der Waals surface area contributed by atoms with Gasteiger partial charge in [0.1, 0.15) is 5.82 Å². The lowest BCUT2D eigenvalue weighted by Crippen LogP contribution is -2.10. The van der Waals surface area contributed by atoms with Gasteiger partial charge in [-0.15, -0.1) is 12.4 Å². The number of rotatable bonds is 2. The van der Waals surface area contributed by atoms with E-state index in [2.05, 4.69) is 5.32 Å². The van der Waals surface area contributed by atoms with Gasteiger partial charge in [0.25, 0.3) is 0 Å². The summed E-state index contributed by atoms with van der Waals surface area (Å²) in [6.45, 7) is 2.19. The molecular formula is C11H15ClFN. The fourth-order valence-electron chi connectivity index (χ4n) is 1.89. The summed E-state index contributed by atoms with van der Waals surface area (Å²) in [7, 11) is 0. The molecule has 0 aliphatic carbocycles. The lowest BCUT2D eigenvalue weighted by molar-refractivity contribution is 0.573. The van der Waals surface area contributed by atoms with Gasteiger partial charge in [-0.05, 0) is 49.5 Å². The van der Waals surface area contributed by atoms with Crippen LogP contribution in [-0.2, 0) is 6.42 Å². The lowest BCUT2D eigenvalue weighted by atomic mass is 9.99. The van der Waals surface area contributed by atoms with Crippen molar-refractivity contribution in [3.05, 3.63) is 35.6 Å². The molecule has 1 nitrogen and oxygen atoms in total. The number of hydrogen-bond acceptors (Lipinski definition) is 1. The van der Waals surface area contributed by atoms with Crippen molar-refractivity contribution in [2.45, 2.75) is 12.8 Å². The maximum absolute atomic E-state index is 12.8. The van der Waals surface area contributed by atoms with Gasteiger partial charge in [-0.25, -0.2) is 4.39 Å². The Hall–Kier alpha value is -0.600. The van der Waals surface area contributed by atoms with Gasteiger partial charge in [-0.1, -0.05) is 12.1 Å². The Morgan fingerprint density at radius 2 is 2.29 bits per heavy atom. The Labute approximate surface area is 90.1 Å². The van der Waals surface area contributed by atoms with E-state index in [-0.39, 0.29) is 18.2 Å². The topological polar surface area (TPSA) is 12.0 Å². The maximum atomic E-state index is 12.8. The molecule has 0 bridgehead atoms. The molecule has 1 aromatic carbocycles. The van der Waals surface area contributed by atoms with Crippen LogP contribution < -0.4 is 5.32 Å². The molecular weight excluding hydrogens is 201 g/mol. The molecule has 0 radical (unpaired) electrons. The summed E-state index contributed by atoms with van der Waals surface area (Å²) in [5.41, 5.74) is 1.12. The quantitative estimate of drug-likeness (QED) is 0.799. The van der Waals surface area contributed by atoms with Crippen molar-refractivity contribution in [2.24, 2.45) is 5.92 Å². The maximum Gasteiger partial charge on any atom is 0.123 e. The Morgan fingerprint density at radius 1 is 1.43 bits per heavy atom. The summed E-state index contributed by atoms with van der Waals surface area (Å²) in [4.78, 5) is 0. The zero-order valence-corrected chi connectivity index (χ0v) is 8.82. The van der Waals surface area contributed by atoms with Crippen molar-refractivity contribution in [1.29, 1.82) is 0 Å². The zero-order chi connectivity index (χ0) is 9.10. The van der Waals surface area contributed by atoms with Crippen LogP contribution in [-0.4, -0.2) is 13.1 Å². The van der Waals surface area contributed by atoms with Crippen LogP contribution in [0.25, 0.3) is 0 Å². The van der Waals surface area contributed by atoms with Crippen LogP contribution in [0.2, 0.25) is 0 Å². The molecule has 0 amide bonds. The third-order valence-electron chi connectivity index (χ3n) is 2.58. The minimum absolute atomic E-state index is 0. The Kier molecular flexibility index (Phi) is 4.36. The van der Waals surface area contributed by atoms with E-state index in [0.717, 1.165) is 25.1 Å². The molecule has 1 aliphatic heterocycles. The zero-order valence-electron chi connectivity index (χ0n) is 8.00. The number of nitrogens with one attached hydrogen (secondary N) is 1. The summed E-state index contributed by atoms with van der Waals surface area (Å²) in [5, 5.41) is 3.31. The van der Waals surface area contributed by atoms with Gasteiger partial charge in [0, 0.05) is 0 Å². The summed E-state index contributed by atoms with van der Waals surface area (Å²) >= 11 is 0. The first-order valence-electron chi connectivity index (χ1n) is 4.80. The van der Waals surface area contributed by atoms with E-state index in [1.807, 2.05) is 6.07 Å². The third kappa shape index (κ3) is 2.96. The smallest absolute Gasteiger partial charge is 0.123 e. The third-order valence-corrected chi connectivity index (χ3v) is 2.58. The highest BCUT2D eigenvalue weighted by Gasteiger charge is 2.14. The van der Waals surface area contributed by atoms with Crippen molar-refractivity contribution in [3.8, 4) is 0 Å². The van der Waals surface area contributed by atoms with Gasteiger partial charge in [-0.2, -0.15) is 0 Å². The molecule has 1 saturated heterocycles. The molecule has 1 atom stereocenters. The molecule has 1 unspecified atom stereocenters. The Balaban J connectivity index is 0.000000980. The molecule has 0 saturated carbocycles. The molecule has 1 aliphatic rings. The predicted molar refractivity (Wildman–Crippen MR) is 58.3 cm³/mol. The van der Waals surface area contributed by atoms with Crippen LogP contribution in [0.15, 0.2) is 24.3 Å². The van der Waals surface area contributed by atoms with Crippen LogP contribution in [0.4, 0.5) is 4.39 Å². The van der Waals surface area contributed by atoms with E-state index in [4.69, 9.17) is 0 Å². The van der Waals surface area contributed by atoms with E-state index in [1.165, 1.54) is 12.5 Å². The number of benzene rings is 1. The van der Waals surface area contributed by atoms with Crippen LogP contribution in [0.3, 0.4) is 0 Å². The van der Waals surface area contributed by atoms with Crippen LogP contribution in [0, 0.1) is 11.7 Å². The normalized spacial score (nSPS) is 20.5. The fourth-order valence-corrected chi connectivity index (χ4v) is 1.89. The van der Waals surface area contributed by atoms with E-state index in [0.29, 0.717) is 5.92 Å². The van der Waals surface area contributed by atoms with Gasteiger partial charge in [0.2, 0.25) is 0 Å². The van der Waals surface area contributed by atoms with E-state index >= 15 is 0 Å².